The summed E-state index contributed by atoms with van der Waals surface area (Å²) < 4.78 is 44.9. The second kappa shape index (κ2) is 7.10. The molecule has 0 N–H and O–H groups in total. The van der Waals surface area contributed by atoms with Crippen LogP contribution in [0.2, 0.25) is 10.0 Å². The van der Waals surface area contributed by atoms with E-state index in [0.29, 0.717) is 22.2 Å². The maximum absolute atomic E-state index is 13.6. The van der Waals surface area contributed by atoms with E-state index in [0.717, 1.165) is 17.4 Å². The van der Waals surface area contributed by atoms with Crippen molar-refractivity contribution in [2.45, 2.75) is 23.5 Å². The van der Waals surface area contributed by atoms with E-state index >= 15 is 0 Å². The van der Waals surface area contributed by atoms with Gasteiger partial charge in [0.15, 0.2) is 9.84 Å². The molecule has 0 unspecified atom stereocenters. The van der Waals surface area contributed by atoms with E-state index in [2.05, 4.69) is 0 Å². The number of benzene rings is 2. The Morgan fingerprint density at radius 3 is 2.46 bits per heavy atom. The lowest BCUT2D eigenvalue weighted by molar-refractivity contribution is 0.153. The van der Waals surface area contributed by atoms with Crippen LogP contribution in [0.4, 0.5) is 4.39 Å². The number of halogens is 3. The fourth-order valence-electron chi connectivity index (χ4n) is 3.52. The van der Waals surface area contributed by atoms with Gasteiger partial charge in [0.05, 0.1) is 10.9 Å². The molecule has 4 nitrogen and oxygen atoms in total. The standard InChI is InChI=1S/C20H16Cl2FNO3S/c1-28(25,26)15-4-2-14(3-5-15)27-20-17-8-12(21)9-18(22)16(17)10-19(20)24-7-6-13(23)11-24/h2-9,11,19-20H,10H2,1H3/t19-,20-/m0/s1. The molecule has 0 spiro atoms. The summed E-state index contributed by atoms with van der Waals surface area (Å²) in [5.41, 5.74) is 1.74. The Kier molecular flexibility index (Phi) is 4.89. The van der Waals surface area contributed by atoms with Gasteiger partial charge < -0.3 is 9.30 Å². The van der Waals surface area contributed by atoms with Crippen LogP contribution in [0.5, 0.6) is 5.75 Å². The number of aromatic nitrogens is 1. The van der Waals surface area contributed by atoms with E-state index in [4.69, 9.17) is 27.9 Å². The van der Waals surface area contributed by atoms with Crippen molar-refractivity contribution in [2.75, 3.05) is 6.26 Å². The van der Waals surface area contributed by atoms with Crippen LogP contribution < -0.4 is 4.74 Å². The number of ether oxygens (including phenoxy) is 1. The molecule has 4 rings (SSSR count). The first kappa shape index (κ1) is 19.3. The molecule has 1 aliphatic carbocycles. The van der Waals surface area contributed by atoms with Gasteiger partial charge in [-0.3, -0.25) is 0 Å². The van der Waals surface area contributed by atoms with Gasteiger partial charge in [0.1, 0.15) is 17.7 Å². The molecule has 1 heterocycles. The lowest BCUT2D eigenvalue weighted by Gasteiger charge is -2.23. The molecule has 28 heavy (non-hydrogen) atoms. The molecule has 2 atom stereocenters. The van der Waals surface area contributed by atoms with E-state index in [1.165, 1.54) is 24.4 Å². The van der Waals surface area contributed by atoms with Crippen LogP contribution in [0.25, 0.3) is 0 Å². The zero-order valence-corrected chi connectivity index (χ0v) is 17.1. The molecule has 0 bridgehead atoms. The maximum atomic E-state index is 13.6. The zero-order chi connectivity index (χ0) is 20.1. The SMILES string of the molecule is CS(=O)(=O)c1ccc(O[C@H]2c3cc(Cl)cc(Cl)c3C[C@@H]2n2ccc(F)c2)cc1. The maximum Gasteiger partial charge on any atom is 0.175 e. The fraction of sp³-hybridized carbons (Fsp3) is 0.200. The summed E-state index contributed by atoms with van der Waals surface area (Å²) in [7, 11) is -3.29. The Bertz CT molecular complexity index is 1140. The van der Waals surface area contributed by atoms with E-state index in [9.17, 15) is 12.8 Å². The molecule has 2 aromatic carbocycles. The normalized spacial score (nSPS) is 18.9. The highest BCUT2D eigenvalue weighted by molar-refractivity contribution is 7.90. The molecule has 0 aliphatic heterocycles. The van der Waals surface area contributed by atoms with Crippen LogP contribution in [0.15, 0.2) is 59.8 Å². The monoisotopic (exact) mass is 439 g/mol. The third-order valence-corrected chi connectivity index (χ3v) is 6.52. The summed E-state index contributed by atoms with van der Waals surface area (Å²) in [5.74, 6) is 0.162. The van der Waals surface area contributed by atoms with Crippen molar-refractivity contribution in [3.05, 3.63) is 81.8 Å². The van der Waals surface area contributed by atoms with Crippen LogP contribution in [-0.4, -0.2) is 19.2 Å². The largest absolute Gasteiger partial charge is 0.484 e. The second-order valence-corrected chi connectivity index (χ2v) is 9.65. The molecule has 3 aromatic rings. The van der Waals surface area contributed by atoms with Crippen LogP contribution in [0.1, 0.15) is 23.3 Å². The zero-order valence-electron chi connectivity index (χ0n) is 14.8. The lowest BCUT2D eigenvalue weighted by atomic mass is 10.1. The number of nitrogens with zero attached hydrogens (tertiary/aromatic N) is 1. The Balaban J connectivity index is 1.73. The third-order valence-electron chi connectivity index (χ3n) is 4.84. The van der Waals surface area contributed by atoms with Gasteiger partial charge >= 0.3 is 0 Å². The van der Waals surface area contributed by atoms with Crippen molar-refractivity contribution in [3.63, 3.8) is 0 Å². The van der Waals surface area contributed by atoms with Gasteiger partial charge in [0, 0.05) is 34.3 Å². The molecular weight excluding hydrogens is 424 g/mol. The Morgan fingerprint density at radius 1 is 1.14 bits per heavy atom. The Hall–Kier alpha value is -2.02. The minimum absolute atomic E-state index is 0.210. The molecule has 0 amide bonds. The van der Waals surface area contributed by atoms with Crippen molar-refractivity contribution in [1.82, 2.24) is 4.57 Å². The number of sulfone groups is 1. The first-order chi connectivity index (χ1) is 13.2. The van der Waals surface area contributed by atoms with Crippen molar-refractivity contribution in [1.29, 1.82) is 0 Å². The van der Waals surface area contributed by atoms with Gasteiger partial charge in [-0.05, 0) is 54.4 Å². The van der Waals surface area contributed by atoms with E-state index in [1.807, 2.05) is 0 Å². The fourth-order valence-corrected chi connectivity index (χ4v) is 4.74. The molecule has 1 aromatic heterocycles. The smallest absolute Gasteiger partial charge is 0.175 e. The van der Waals surface area contributed by atoms with Crippen molar-refractivity contribution >= 4 is 33.0 Å². The Morgan fingerprint density at radius 2 is 1.86 bits per heavy atom. The number of hydrogen-bond donors (Lipinski definition) is 0. The van der Waals surface area contributed by atoms with Crippen molar-refractivity contribution in [3.8, 4) is 5.75 Å². The van der Waals surface area contributed by atoms with Gasteiger partial charge in [-0.2, -0.15) is 0 Å². The average Bonchev–Trinajstić information content (AvgIpc) is 3.19. The van der Waals surface area contributed by atoms with Gasteiger partial charge in [-0.25, -0.2) is 12.8 Å². The number of fused-ring (bicyclic) bond motifs is 1. The molecule has 0 saturated carbocycles. The third kappa shape index (κ3) is 3.64. The van der Waals surface area contributed by atoms with E-state index < -0.39 is 15.9 Å². The predicted molar refractivity (Wildman–Crippen MR) is 107 cm³/mol. The molecule has 1 aliphatic rings. The van der Waals surface area contributed by atoms with Crippen molar-refractivity contribution in [2.24, 2.45) is 0 Å². The minimum atomic E-state index is -3.29. The van der Waals surface area contributed by atoms with Gasteiger partial charge in [0.25, 0.3) is 0 Å². The second-order valence-electron chi connectivity index (χ2n) is 6.79. The first-order valence-corrected chi connectivity index (χ1v) is 11.1. The minimum Gasteiger partial charge on any atom is -0.484 e. The van der Waals surface area contributed by atoms with E-state index in [1.54, 1.807) is 35.0 Å². The molecular formula is C20H16Cl2FNO3S. The summed E-state index contributed by atoms with van der Waals surface area (Å²) in [6.45, 7) is 0. The van der Waals surface area contributed by atoms with Crippen molar-refractivity contribution < 1.29 is 17.5 Å². The Labute approximate surface area is 172 Å². The summed E-state index contributed by atoms with van der Waals surface area (Å²) in [4.78, 5) is 0.210. The lowest BCUT2D eigenvalue weighted by Crippen LogP contribution is -2.18. The molecule has 8 heteroatoms. The van der Waals surface area contributed by atoms with Gasteiger partial charge in [-0.1, -0.05) is 23.2 Å². The number of rotatable bonds is 4. The molecule has 146 valence electrons. The molecule has 0 radical (unpaired) electrons. The summed E-state index contributed by atoms with van der Waals surface area (Å²) >= 11 is 12.6. The highest BCUT2D eigenvalue weighted by Crippen LogP contribution is 2.46. The van der Waals surface area contributed by atoms with Gasteiger partial charge in [0.2, 0.25) is 0 Å². The van der Waals surface area contributed by atoms with Crippen LogP contribution in [-0.2, 0) is 16.3 Å². The van der Waals surface area contributed by atoms with Crippen LogP contribution >= 0.6 is 23.2 Å². The molecule has 0 fully saturated rings. The quantitative estimate of drug-likeness (QED) is 0.557. The first-order valence-electron chi connectivity index (χ1n) is 8.50. The van der Waals surface area contributed by atoms with Crippen LogP contribution in [0, 0.1) is 5.82 Å². The average molecular weight is 440 g/mol. The van der Waals surface area contributed by atoms with E-state index in [-0.39, 0.29) is 16.8 Å². The highest BCUT2D eigenvalue weighted by atomic mass is 35.5. The summed E-state index contributed by atoms with van der Waals surface area (Å²) in [5, 5.41) is 1.03. The highest BCUT2D eigenvalue weighted by Gasteiger charge is 2.37. The van der Waals surface area contributed by atoms with Gasteiger partial charge in [-0.15, -0.1) is 0 Å². The van der Waals surface area contributed by atoms with Crippen LogP contribution in [0.3, 0.4) is 0 Å². The predicted octanol–water partition coefficient (Wildman–Crippen LogP) is 5.26. The molecule has 0 saturated heterocycles. The summed E-state index contributed by atoms with van der Waals surface area (Å²) in [6.07, 6.45) is 4.32. The topological polar surface area (TPSA) is 48.3 Å². The number of hydrogen-bond acceptors (Lipinski definition) is 3. The summed E-state index contributed by atoms with van der Waals surface area (Å²) in [6, 6.07) is 10.9.